The van der Waals surface area contributed by atoms with Crippen LogP contribution in [0.3, 0.4) is 0 Å². The average molecular weight is 268 g/mol. The lowest BCUT2D eigenvalue weighted by Crippen LogP contribution is -2.22. The Morgan fingerprint density at radius 2 is 1.80 bits per heavy atom. The summed E-state index contributed by atoms with van der Waals surface area (Å²) in [6.07, 6.45) is 0. The van der Waals surface area contributed by atoms with Crippen molar-refractivity contribution in [3.05, 3.63) is 28.2 Å². The second-order valence-electron chi connectivity index (χ2n) is 3.32. The van der Waals surface area contributed by atoms with Gasteiger partial charge in [-0.1, -0.05) is 23.2 Å². The fourth-order valence-corrected chi connectivity index (χ4v) is 1.83. The van der Waals surface area contributed by atoms with E-state index in [0.717, 1.165) is 0 Å². The van der Waals surface area contributed by atoms with Gasteiger partial charge in [-0.15, -0.1) is 0 Å². The molecule has 0 amide bonds. The summed E-state index contributed by atoms with van der Waals surface area (Å²) in [5.74, 6) is 0. The summed E-state index contributed by atoms with van der Waals surface area (Å²) < 4.78 is 25.4. The van der Waals surface area contributed by atoms with Gasteiger partial charge >= 0.3 is 0 Å². The summed E-state index contributed by atoms with van der Waals surface area (Å²) in [6.45, 7) is 3.19. The lowest BCUT2D eigenvalue weighted by atomic mass is 10.3. The molecule has 84 valence electrons. The molecule has 0 unspecified atom stereocenters. The van der Waals surface area contributed by atoms with Gasteiger partial charge < -0.3 is 0 Å². The van der Waals surface area contributed by atoms with Gasteiger partial charge in [0.1, 0.15) is 0 Å². The Kier molecular flexibility index (Phi) is 3.87. The van der Waals surface area contributed by atoms with Crippen molar-refractivity contribution in [2.75, 3.05) is 4.72 Å². The highest BCUT2D eigenvalue weighted by Gasteiger charge is 2.15. The Bertz CT molecular complexity index is 457. The maximum atomic E-state index is 11.5. The second-order valence-corrected chi connectivity index (χ2v) is 6.38. The predicted molar refractivity (Wildman–Crippen MR) is 64.1 cm³/mol. The zero-order chi connectivity index (χ0) is 11.6. The molecular weight excluding hydrogens is 257 g/mol. The van der Waals surface area contributed by atoms with Crippen molar-refractivity contribution in [1.29, 1.82) is 0 Å². The van der Waals surface area contributed by atoms with Gasteiger partial charge in [0.2, 0.25) is 10.0 Å². The molecule has 0 aliphatic rings. The Balaban J connectivity index is 2.96. The van der Waals surface area contributed by atoms with Gasteiger partial charge in [0.15, 0.2) is 0 Å². The molecule has 1 rings (SSSR count). The minimum atomic E-state index is -3.33. The quantitative estimate of drug-likeness (QED) is 0.915. The SMILES string of the molecule is CC(C)S(=O)(=O)Nc1ccc(Cl)c(Cl)c1. The number of benzene rings is 1. The van der Waals surface area contributed by atoms with Gasteiger partial charge in [0.05, 0.1) is 21.0 Å². The van der Waals surface area contributed by atoms with Gasteiger partial charge in [-0.2, -0.15) is 0 Å². The molecule has 1 N–H and O–H groups in total. The first-order valence-electron chi connectivity index (χ1n) is 4.29. The Morgan fingerprint density at radius 1 is 1.20 bits per heavy atom. The number of rotatable bonds is 3. The Labute approximate surface area is 99.4 Å². The first kappa shape index (κ1) is 12.6. The third kappa shape index (κ3) is 3.26. The van der Waals surface area contributed by atoms with E-state index in [1.165, 1.54) is 6.07 Å². The van der Waals surface area contributed by atoms with E-state index in [-0.39, 0.29) is 0 Å². The molecular formula is C9H11Cl2NO2S. The molecule has 3 nitrogen and oxygen atoms in total. The van der Waals surface area contributed by atoms with Gasteiger partial charge in [-0.25, -0.2) is 8.42 Å². The fourth-order valence-electron chi connectivity index (χ4n) is 0.842. The first-order valence-corrected chi connectivity index (χ1v) is 6.60. The molecule has 0 aliphatic carbocycles. The lowest BCUT2D eigenvalue weighted by molar-refractivity contribution is 0.593. The summed E-state index contributed by atoms with van der Waals surface area (Å²) in [5, 5.41) is 0.219. The summed E-state index contributed by atoms with van der Waals surface area (Å²) in [5.41, 5.74) is 0.415. The van der Waals surface area contributed by atoms with Crippen molar-refractivity contribution in [3.63, 3.8) is 0 Å². The minimum Gasteiger partial charge on any atom is -0.283 e. The molecule has 1 aromatic rings. The zero-order valence-electron chi connectivity index (χ0n) is 8.29. The molecule has 0 saturated heterocycles. The third-order valence-electron chi connectivity index (χ3n) is 1.80. The maximum Gasteiger partial charge on any atom is 0.235 e. The van der Waals surface area contributed by atoms with Crippen LogP contribution in [0.25, 0.3) is 0 Å². The molecule has 0 saturated carbocycles. The van der Waals surface area contributed by atoms with Gasteiger partial charge in [0, 0.05) is 0 Å². The molecule has 0 bridgehead atoms. The van der Waals surface area contributed by atoms with Crippen LogP contribution in [0.2, 0.25) is 10.0 Å². The highest BCUT2D eigenvalue weighted by atomic mass is 35.5. The van der Waals surface area contributed by atoms with Crippen molar-refractivity contribution in [1.82, 2.24) is 0 Å². The molecule has 0 radical (unpaired) electrons. The van der Waals surface area contributed by atoms with Crippen LogP contribution in [0.15, 0.2) is 18.2 Å². The highest BCUT2D eigenvalue weighted by molar-refractivity contribution is 7.93. The standard InChI is InChI=1S/C9H11Cl2NO2S/c1-6(2)15(13,14)12-7-3-4-8(10)9(11)5-7/h3-6,12H,1-2H3. The van der Waals surface area contributed by atoms with Crippen LogP contribution in [0.1, 0.15) is 13.8 Å². The molecule has 15 heavy (non-hydrogen) atoms. The number of sulfonamides is 1. The van der Waals surface area contributed by atoms with E-state index in [9.17, 15) is 8.42 Å². The van der Waals surface area contributed by atoms with E-state index in [4.69, 9.17) is 23.2 Å². The van der Waals surface area contributed by atoms with Gasteiger partial charge in [-0.3, -0.25) is 4.72 Å². The van der Waals surface area contributed by atoms with Crippen molar-refractivity contribution in [3.8, 4) is 0 Å². The predicted octanol–water partition coefficient (Wildman–Crippen LogP) is 3.14. The molecule has 0 fully saturated rings. The molecule has 0 spiro atoms. The van der Waals surface area contributed by atoms with Crippen LogP contribution in [-0.2, 0) is 10.0 Å². The molecule has 6 heteroatoms. The summed E-state index contributed by atoms with van der Waals surface area (Å²) >= 11 is 11.5. The van der Waals surface area contributed by atoms with E-state index in [1.807, 2.05) is 0 Å². The van der Waals surface area contributed by atoms with E-state index in [1.54, 1.807) is 26.0 Å². The largest absolute Gasteiger partial charge is 0.283 e. The second kappa shape index (κ2) is 4.60. The van der Waals surface area contributed by atoms with E-state index >= 15 is 0 Å². The Morgan fingerprint density at radius 3 is 2.27 bits per heavy atom. The van der Waals surface area contributed by atoms with Gasteiger partial charge in [-0.05, 0) is 32.0 Å². The first-order chi connectivity index (χ1) is 6.83. The number of hydrogen-bond donors (Lipinski definition) is 1. The van der Waals surface area contributed by atoms with Crippen LogP contribution < -0.4 is 4.72 Å². The summed E-state index contributed by atoms with van der Waals surface area (Å²) in [6, 6.07) is 4.58. The fraction of sp³-hybridized carbons (Fsp3) is 0.333. The number of nitrogens with one attached hydrogen (secondary N) is 1. The average Bonchev–Trinajstić information content (AvgIpc) is 2.10. The third-order valence-corrected chi connectivity index (χ3v) is 4.30. The van der Waals surface area contributed by atoms with Crippen LogP contribution in [0.5, 0.6) is 0 Å². The smallest absolute Gasteiger partial charge is 0.235 e. The van der Waals surface area contributed by atoms with Crippen molar-refractivity contribution >= 4 is 38.9 Å². The monoisotopic (exact) mass is 267 g/mol. The van der Waals surface area contributed by atoms with E-state index in [2.05, 4.69) is 4.72 Å². The number of anilines is 1. The minimum absolute atomic E-state index is 0.320. The molecule has 0 aliphatic heterocycles. The van der Waals surface area contributed by atoms with Crippen LogP contribution in [-0.4, -0.2) is 13.7 Å². The van der Waals surface area contributed by atoms with Crippen LogP contribution in [0, 0.1) is 0 Å². The van der Waals surface area contributed by atoms with Crippen molar-refractivity contribution in [2.45, 2.75) is 19.1 Å². The molecule has 0 atom stereocenters. The number of halogens is 2. The van der Waals surface area contributed by atoms with Crippen molar-refractivity contribution < 1.29 is 8.42 Å². The maximum absolute atomic E-state index is 11.5. The normalized spacial score (nSPS) is 11.8. The van der Waals surface area contributed by atoms with Crippen LogP contribution >= 0.6 is 23.2 Å². The topological polar surface area (TPSA) is 46.2 Å². The zero-order valence-corrected chi connectivity index (χ0v) is 10.6. The summed E-state index contributed by atoms with van der Waals surface area (Å²) in [7, 11) is -3.33. The molecule has 0 aromatic heterocycles. The van der Waals surface area contributed by atoms with Crippen molar-refractivity contribution in [2.24, 2.45) is 0 Å². The highest BCUT2D eigenvalue weighted by Crippen LogP contribution is 2.25. The van der Waals surface area contributed by atoms with E-state index < -0.39 is 15.3 Å². The Hall–Kier alpha value is -0.450. The van der Waals surface area contributed by atoms with E-state index in [0.29, 0.717) is 15.7 Å². The van der Waals surface area contributed by atoms with Crippen LogP contribution in [0.4, 0.5) is 5.69 Å². The molecule has 1 aromatic carbocycles. The summed E-state index contributed by atoms with van der Waals surface area (Å²) in [4.78, 5) is 0. The van der Waals surface area contributed by atoms with Gasteiger partial charge in [0.25, 0.3) is 0 Å². The lowest BCUT2D eigenvalue weighted by Gasteiger charge is -2.11. The number of hydrogen-bond acceptors (Lipinski definition) is 2. The molecule has 0 heterocycles.